The standard InChI is InChI=1S/C21H14Cl2N4O5S/c1-11-13-9-18(33-20(13)26(25-11)16-5-3-2-4-14(16)23)21(29)32-10-19(28)24-15-7-6-12(22)8-17(15)27(30)31/h2-9H,10H2,1H3,(H,24,28). The first-order chi connectivity index (χ1) is 15.7. The van der Waals surface area contributed by atoms with Crippen LogP contribution in [0.3, 0.4) is 0 Å². The van der Waals surface area contributed by atoms with Crippen LogP contribution >= 0.6 is 34.5 Å². The minimum absolute atomic E-state index is 0.0530. The van der Waals surface area contributed by atoms with Gasteiger partial charge in [-0.3, -0.25) is 14.9 Å². The summed E-state index contributed by atoms with van der Waals surface area (Å²) in [6, 6.07) is 12.6. The number of hydrogen-bond donors (Lipinski definition) is 1. The Morgan fingerprint density at radius 2 is 1.97 bits per heavy atom. The Hall–Kier alpha value is -3.47. The first-order valence-electron chi connectivity index (χ1n) is 9.39. The summed E-state index contributed by atoms with van der Waals surface area (Å²) < 4.78 is 6.76. The van der Waals surface area contributed by atoms with E-state index in [0.29, 0.717) is 21.2 Å². The highest BCUT2D eigenvalue weighted by molar-refractivity contribution is 7.20. The number of nitro benzene ring substituents is 1. The highest BCUT2D eigenvalue weighted by Gasteiger charge is 2.21. The van der Waals surface area contributed by atoms with Crippen molar-refractivity contribution in [3.8, 4) is 5.69 Å². The molecule has 0 saturated heterocycles. The molecule has 0 aliphatic carbocycles. The second kappa shape index (κ2) is 9.18. The molecule has 0 aliphatic heterocycles. The number of esters is 1. The van der Waals surface area contributed by atoms with Crippen molar-refractivity contribution in [2.45, 2.75) is 6.92 Å². The lowest BCUT2D eigenvalue weighted by Crippen LogP contribution is -2.21. The van der Waals surface area contributed by atoms with Crippen molar-refractivity contribution in [3.05, 3.63) is 79.3 Å². The van der Waals surface area contributed by atoms with Gasteiger partial charge in [0, 0.05) is 16.5 Å². The summed E-state index contributed by atoms with van der Waals surface area (Å²) in [5, 5.41) is 19.4. The van der Waals surface area contributed by atoms with Crippen molar-refractivity contribution in [2.24, 2.45) is 0 Å². The molecular formula is C21H14Cl2N4O5S. The third-order valence-corrected chi connectivity index (χ3v) is 6.24. The molecule has 2 aromatic carbocycles. The van der Waals surface area contributed by atoms with Crippen LogP contribution in [0.25, 0.3) is 15.9 Å². The quantitative estimate of drug-likeness (QED) is 0.213. The molecule has 1 N–H and O–H groups in total. The van der Waals surface area contributed by atoms with Gasteiger partial charge in [0.15, 0.2) is 6.61 Å². The highest BCUT2D eigenvalue weighted by atomic mass is 35.5. The van der Waals surface area contributed by atoms with Gasteiger partial charge in [-0.2, -0.15) is 5.10 Å². The molecule has 0 fully saturated rings. The molecule has 0 aliphatic rings. The lowest BCUT2D eigenvalue weighted by atomic mass is 10.2. The Morgan fingerprint density at radius 1 is 1.21 bits per heavy atom. The first kappa shape index (κ1) is 22.7. The van der Waals surface area contributed by atoms with Gasteiger partial charge in [0.25, 0.3) is 11.6 Å². The van der Waals surface area contributed by atoms with Crippen molar-refractivity contribution < 1.29 is 19.2 Å². The Labute approximate surface area is 200 Å². The number of thiophene rings is 1. The number of hydrogen-bond acceptors (Lipinski definition) is 7. The Balaban J connectivity index is 1.49. The van der Waals surface area contributed by atoms with E-state index in [0.717, 1.165) is 22.8 Å². The normalized spacial score (nSPS) is 10.9. The molecular weight excluding hydrogens is 491 g/mol. The number of benzene rings is 2. The number of aryl methyl sites for hydroxylation is 1. The predicted octanol–water partition coefficient (Wildman–Crippen LogP) is 5.41. The van der Waals surface area contributed by atoms with E-state index in [4.69, 9.17) is 27.9 Å². The highest BCUT2D eigenvalue weighted by Crippen LogP contribution is 2.33. The molecule has 0 saturated carbocycles. The summed E-state index contributed by atoms with van der Waals surface area (Å²) >= 11 is 13.2. The number of rotatable bonds is 6. The van der Waals surface area contributed by atoms with Gasteiger partial charge in [-0.05, 0) is 37.3 Å². The fraction of sp³-hybridized carbons (Fsp3) is 0.0952. The molecule has 12 heteroatoms. The van der Waals surface area contributed by atoms with Crippen molar-refractivity contribution in [2.75, 3.05) is 11.9 Å². The topological polar surface area (TPSA) is 116 Å². The smallest absolute Gasteiger partial charge is 0.348 e. The Kier molecular flexibility index (Phi) is 6.32. The Bertz CT molecular complexity index is 1420. The van der Waals surface area contributed by atoms with Gasteiger partial charge in [0.05, 0.1) is 21.3 Å². The van der Waals surface area contributed by atoms with E-state index in [2.05, 4.69) is 10.4 Å². The van der Waals surface area contributed by atoms with Crippen LogP contribution in [0, 0.1) is 17.0 Å². The number of amides is 1. The Morgan fingerprint density at radius 3 is 2.70 bits per heavy atom. The number of ether oxygens (including phenoxy) is 1. The lowest BCUT2D eigenvalue weighted by molar-refractivity contribution is -0.383. The van der Waals surface area contributed by atoms with Crippen molar-refractivity contribution in [1.29, 1.82) is 0 Å². The molecule has 0 atom stereocenters. The third kappa shape index (κ3) is 4.68. The number of fused-ring (bicyclic) bond motifs is 1. The number of nitrogens with one attached hydrogen (secondary N) is 1. The summed E-state index contributed by atoms with van der Waals surface area (Å²) in [4.78, 5) is 36.2. The summed E-state index contributed by atoms with van der Waals surface area (Å²) in [5.74, 6) is -1.43. The average molecular weight is 505 g/mol. The molecule has 2 aromatic heterocycles. The van der Waals surface area contributed by atoms with Gasteiger partial charge >= 0.3 is 5.97 Å². The average Bonchev–Trinajstić information content (AvgIpc) is 3.34. The zero-order valence-corrected chi connectivity index (χ0v) is 19.2. The number of carbonyl (C=O) groups excluding carboxylic acids is 2. The fourth-order valence-corrected chi connectivity index (χ4v) is 4.54. The van der Waals surface area contributed by atoms with E-state index < -0.39 is 23.4 Å². The van der Waals surface area contributed by atoms with Crippen LogP contribution in [0.4, 0.5) is 11.4 Å². The maximum atomic E-state index is 12.5. The maximum absolute atomic E-state index is 12.5. The van der Waals surface area contributed by atoms with Crippen LogP contribution in [-0.2, 0) is 9.53 Å². The maximum Gasteiger partial charge on any atom is 0.348 e. The number of nitro groups is 1. The van der Waals surface area contributed by atoms with E-state index in [1.165, 1.54) is 12.1 Å². The van der Waals surface area contributed by atoms with Gasteiger partial charge in [0.2, 0.25) is 0 Å². The van der Waals surface area contributed by atoms with Crippen molar-refractivity contribution >= 4 is 68.0 Å². The van der Waals surface area contributed by atoms with E-state index in [1.807, 2.05) is 19.1 Å². The van der Waals surface area contributed by atoms with Crippen LogP contribution in [0.2, 0.25) is 10.0 Å². The van der Waals surface area contributed by atoms with E-state index in [-0.39, 0.29) is 21.3 Å². The molecule has 1 amide bonds. The van der Waals surface area contributed by atoms with Gasteiger partial charge in [-0.1, -0.05) is 35.3 Å². The molecule has 33 heavy (non-hydrogen) atoms. The predicted molar refractivity (Wildman–Crippen MR) is 126 cm³/mol. The largest absolute Gasteiger partial charge is 0.451 e. The zero-order chi connectivity index (χ0) is 23.7. The summed E-state index contributed by atoms with van der Waals surface area (Å²) in [7, 11) is 0. The number of halogens is 2. The molecule has 2 heterocycles. The van der Waals surface area contributed by atoms with Crippen LogP contribution in [0.15, 0.2) is 48.5 Å². The number of para-hydroxylation sites is 1. The van der Waals surface area contributed by atoms with E-state index in [9.17, 15) is 19.7 Å². The molecule has 0 bridgehead atoms. The molecule has 0 unspecified atom stereocenters. The van der Waals surface area contributed by atoms with Gasteiger partial charge in [-0.25, -0.2) is 9.48 Å². The second-order valence-electron chi connectivity index (χ2n) is 6.82. The molecule has 168 valence electrons. The van der Waals surface area contributed by atoms with Crippen molar-refractivity contribution in [1.82, 2.24) is 9.78 Å². The minimum atomic E-state index is -0.728. The molecule has 4 rings (SSSR count). The van der Waals surface area contributed by atoms with E-state index in [1.54, 1.807) is 22.9 Å². The summed E-state index contributed by atoms with van der Waals surface area (Å²) in [6.45, 7) is 1.19. The van der Waals surface area contributed by atoms with Gasteiger partial charge < -0.3 is 10.1 Å². The van der Waals surface area contributed by atoms with Crippen LogP contribution < -0.4 is 5.32 Å². The minimum Gasteiger partial charge on any atom is -0.451 e. The summed E-state index contributed by atoms with van der Waals surface area (Å²) in [6.07, 6.45) is 0. The van der Waals surface area contributed by atoms with Gasteiger partial charge in [-0.15, -0.1) is 11.3 Å². The van der Waals surface area contributed by atoms with E-state index >= 15 is 0 Å². The van der Waals surface area contributed by atoms with Crippen LogP contribution in [-0.4, -0.2) is 33.2 Å². The monoisotopic (exact) mass is 504 g/mol. The molecule has 0 spiro atoms. The number of anilines is 1. The van der Waals surface area contributed by atoms with Gasteiger partial charge in [0.1, 0.15) is 15.4 Å². The lowest BCUT2D eigenvalue weighted by Gasteiger charge is -2.07. The summed E-state index contributed by atoms with van der Waals surface area (Å²) in [5.41, 5.74) is 0.949. The number of carbonyl (C=O) groups is 2. The number of nitrogens with zero attached hydrogens (tertiary/aromatic N) is 3. The first-order valence-corrected chi connectivity index (χ1v) is 11.0. The third-order valence-electron chi connectivity index (χ3n) is 4.59. The fourth-order valence-electron chi connectivity index (χ4n) is 3.08. The molecule has 0 radical (unpaired) electrons. The molecule has 4 aromatic rings. The van der Waals surface area contributed by atoms with Crippen LogP contribution in [0.1, 0.15) is 15.4 Å². The molecule has 9 nitrogen and oxygen atoms in total. The van der Waals surface area contributed by atoms with Crippen molar-refractivity contribution in [3.63, 3.8) is 0 Å². The SMILES string of the molecule is Cc1nn(-c2ccccc2Cl)c2sc(C(=O)OCC(=O)Nc3ccc(Cl)cc3[N+](=O)[O-])cc12. The van der Waals surface area contributed by atoms with Crippen LogP contribution in [0.5, 0.6) is 0 Å². The second-order valence-corrected chi connectivity index (χ2v) is 8.70. The zero-order valence-electron chi connectivity index (χ0n) is 16.9. The number of aromatic nitrogens is 2.